The van der Waals surface area contributed by atoms with E-state index in [2.05, 4.69) is 30.6 Å². The number of amides is 1. The number of anilines is 2. The molecular weight excluding hydrogens is 522 g/mol. The molecule has 3 aromatic rings. The van der Waals surface area contributed by atoms with Crippen LogP contribution in [0.25, 0.3) is 17.0 Å². The first-order valence-electron chi connectivity index (χ1n) is 14.0. The Hall–Kier alpha value is -3.45. The molecule has 0 unspecified atom stereocenters. The van der Waals surface area contributed by atoms with Crippen LogP contribution >= 0.6 is 0 Å². The average Bonchev–Trinajstić information content (AvgIpc) is 3.39. The third-order valence-electron chi connectivity index (χ3n) is 7.89. The summed E-state index contributed by atoms with van der Waals surface area (Å²) in [5.74, 6) is 0.585. The Balaban J connectivity index is 1.22. The number of fused-ring (bicyclic) bond motifs is 1. The number of imidazole rings is 1. The number of aromatic nitrogens is 5. The minimum absolute atomic E-state index is 0.0317. The van der Waals surface area contributed by atoms with Gasteiger partial charge in [-0.05, 0) is 50.7 Å². The maximum atomic E-state index is 14.1. The first kappa shape index (κ1) is 26.8. The van der Waals surface area contributed by atoms with Gasteiger partial charge in [0.15, 0.2) is 5.82 Å². The fourth-order valence-electron chi connectivity index (χ4n) is 5.67. The molecule has 0 atom stereocenters. The first-order valence-corrected chi connectivity index (χ1v) is 14.0. The van der Waals surface area contributed by atoms with Gasteiger partial charge in [-0.3, -0.25) is 9.36 Å². The predicted octanol–water partition coefficient (Wildman–Crippen LogP) is 3.25. The summed E-state index contributed by atoms with van der Waals surface area (Å²) in [5.41, 5.74) is 0.949. The zero-order valence-electron chi connectivity index (χ0n) is 22.3. The van der Waals surface area contributed by atoms with Crippen LogP contribution in [0.3, 0.4) is 0 Å². The standard InChI is InChI=1S/C27H34F2N8O3/c28-22(29)23-32-20-3-1-2-4-21(20)37(23)27-34-25(33-26(35-27)36-11-15-40-16-12-36)31-19-7-5-18(6-8-19)30-24(38)17-9-13-39-14-10-17/h1-4,17-19,22H,5-16H2,(H,30,38)(H,31,33,34,35)/t18-,19-. The molecule has 1 amide bonds. The van der Waals surface area contributed by atoms with Gasteiger partial charge in [-0.1, -0.05) is 12.1 Å². The quantitative estimate of drug-likeness (QED) is 0.452. The Morgan fingerprint density at radius 1 is 0.850 bits per heavy atom. The number of carbonyl (C=O) groups is 1. The van der Waals surface area contributed by atoms with Gasteiger partial charge < -0.3 is 25.0 Å². The van der Waals surface area contributed by atoms with Crippen LogP contribution in [0.15, 0.2) is 24.3 Å². The van der Waals surface area contributed by atoms with Crippen molar-refractivity contribution in [1.82, 2.24) is 29.8 Å². The second-order valence-electron chi connectivity index (χ2n) is 10.5. The summed E-state index contributed by atoms with van der Waals surface area (Å²) >= 11 is 0. The van der Waals surface area contributed by atoms with Gasteiger partial charge in [-0.25, -0.2) is 13.8 Å². The summed E-state index contributed by atoms with van der Waals surface area (Å²) < 4.78 is 40.4. The highest BCUT2D eigenvalue weighted by Crippen LogP contribution is 2.29. The topological polar surface area (TPSA) is 119 Å². The highest BCUT2D eigenvalue weighted by molar-refractivity contribution is 5.79. The minimum atomic E-state index is -2.81. The molecule has 2 aromatic heterocycles. The van der Waals surface area contributed by atoms with Crippen molar-refractivity contribution < 1.29 is 23.0 Å². The number of para-hydroxylation sites is 2. The van der Waals surface area contributed by atoms with Crippen molar-refractivity contribution in [3.05, 3.63) is 30.1 Å². The van der Waals surface area contributed by atoms with E-state index in [1.165, 1.54) is 4.57 Å². The lowest BCUT2D eigenvalue weighted by Gasteiger charge is -2.32. The summed E-state index contributed by atoms with van der Waals surface area (Å²) in [7, 11) is 0. The number of hydrogen-bond acceptors (Lipinski definition) is 9. The van der Waals surface area contributed by atoms with Gasteiger partial charge in [-0.15, -0.1) is 0 Å². The van der Waals surface area contributed by atoms with Crippen LogP contribution in [0.4, 0.5) is 20.7 Å². The number of halogens is 2. The van der Waals surface area contributed by atoms with Gasteiger partial charge in [-0.2, -0.15) is 15.0 Å². The van der Waals surface area contributed by atoms with Crippen molar-refractivity contribution in [2.75, 3.05) is 49.7 Å². The summed E-state index contributed by atoms with van der Waals surface area (Å²) in [6, 6.07) is 7.18. The number of nitrogens with zero attached hydrogens (tertiary/aromatic N) is 6. The highest BCUT2D eigenvalue weighted by atomic mass is 19.3. The zero-order chi connectivity index (χ0) is 27.5. The van der Waals surface area contributed by atoms with Gasteiger partial charge in [0.2, 0.25) is 23.8 Å². The first-order chi connectivity index (χ1) is 19.5. The Morgan fingerprint density at radius 3 is 2.27 bits per heavy atom. The fraction of sp³-hybridized carbons (Fsp3) is 0.593. The molecule has 1 aromatic carbocycles. The lowest BCUT2D eigenvalue weighted by Crippen LogP contribution is -2.44. The van der Waals surface area contributed by atoms with E-state index in [1.54, 1.807) is 24.3 Å². The van der Waals surface area contributed by atoms with Crippen LogP contribution in [0.1, 0.15) is 50.8 Å². The Kier molecular flexibility index (Phi) is 8.00. The van der Waals surface area contributed by atoms with E-state index in [9.17, 15) is 13.6 Å². The van der Waals surface area contributed by atoms with Gasteiger partial charge in [0.25, 0.3) is 6.43 Å². The molecule has 3 aliphatic rings. The molecule has 0 radical (unpaired) electrons. The second-order valence-corrected chi connectivity index (χ2v) is 10.5. The van der Waals surface area contributed by atoms with Gasteiger partial charge in [0.05, 0.1) is 24.2 Å². The zero-order valence-corrected chi connectivity index (χ0v) is 22.3. The molecule has 0 spiro atoms. The molecule has 2 N–H and O–H groups in total. The van der Waals surface area contributed by atoms with Crippen molar-refractivity contribution in [3.63, 3.8) is 0 Å². The van der Waals surface area contributed by atoms with Gasteiger partial charge in [0, 0.05) is 44.3 Å². The highest BCUT2D eigenvalue weighted by Gasteiger charge is 2.28. The van der Waals surface area contributed by atoms with Crippen LogP contribution in [0.5, 0.6) is 0 Å². The van der Waals surface area contributed by atoms with Crippen molar-refractivity contribution in [2.45, 2.75) is 57.0 Å². The van der Waals surface area contributed by atoms with E-state index < -0.39 is 12.2 Å². The number of benzene rings is 1. The maximum absolute atomic E-state index is 14.1. The Labute approximate surface area is 230 Å². The number of nitrogens with one attached hydrogen (secondary N) is 2. The molecule has 0 bridgehead atoms. The third-order valence-corrected chi connectivity index (χ3v) is 7.89. The van der Waals surface area contributed by atoms with Crippen LogP contribution in [0.2, 0.25) is 0 Å². The average molecular weight is 557 g/mol. The number of morpholine rings is 1. The fourth-order valence-corrected chi connectivity index (χ4v) is 5.67. The van der Waals surface area contributed by atoms with E-state index in [1.807, 2.05) is 4.90 Å². The number of carbonyl (C=O) groups excluding carboxylic acids is 1. The number of rotatable bonds is 7. The van der Waals surface area contributed by atoms with E-state index >= 15 is 0 Å². The number of hydrogen-bond donors (Lipinski definition) is 2. The minimum Gasteiger partial charge on any atom is -0.381 e. The predicted molar refractivity (Wildman–Crippen MR) is 144 cm³/mol. The van der Waals surface area contributed by atoms with E-state index in [0.29, 0.717) is 62.4 Å². The molecule has 3 fully saturated rings. The van der Waals surface area contributed by atoms with E-state index in [-0.39, 0.29) is 29.9 Å². The Morgan fingerprint density at radius 2 is 1.52 bits per heavy atom. The summed E-state index contributed by atoms with van der Waals surface area (Å²) in [4.78, 5) is 32.7. The number of ether oxygens (including phenoxy) is 2. The normalized spacial score (nSPS) is 22.5. The Bertz CT molecular complexity index is 1320. The van der Waals surface area contributed by atoms with Gasteiger partial charge >= 0.3 is 0 Å². The van der Waals surface area contributed by atoms with Crippen LogP contribution in [-0.4, -0.2) is 82.0 Å². The monoisotopic (exact) mass is 556 g/mol. The van der Waals surface area contributed by atoms with Crippen molar-refractivity contribution >= 4 is 28.8 Å². The lowest BCUT2D eigenvalue weighted by molar-refractivity contribution is -0.128. The summed E-state index contributed by atoms with van der Waals surface area (Å²) in [6.45, 7) is 3.53. The molecule has 11 nitrogen and oxygen atoms in total. The molecule has 214 valence electrons. The summed E-state index contributed by atoms with van der Waals surface area (Å²) in [5, 5.41) is 6.65. The molecule has 2 aliphatic heterocycles. The summed E-state index contributed by atoms with van der Waals surface area (Å²) in [6.07, 6.45) is 2.06. The van der Waals surface area contributed by atoms with Crippen LogP contribution in [-0.2, 0) is 14.3 Å². The molecule has 4 heterocycles. The molecule has 6 rings (SSSR count). The van der Waals surface area contributed by atoms with Crippen molar-refractivity contribution in [3.8, 4) is 5.95 Å². The second kappa shape index (κ2) is 12.0. The molecule has 1 aliphatic carbocycles. The molecule has 13 heteroatoms. The largest absolute Gasteiger partial charge is 0.381 e. The van der Waals surface area contributed by atoms with Crippen LogP contribution < -0.4 is 15.5 Å². The smallest absolute Gasteiger partial charge is 0.296 e. The van der Waals surface area contributed by atoms with E-state index in [0.717, 1.165) is 38.5 Å². The third kappa shape index (κ3) is 5.85. The lowest BCUT2D eigenvalue weighted by atomic mass is 9.90. The van der Waals surface area contributed by atoms with Crippen LogP contribution in [0, 0.1) is 5.92 Å². The molecular formula is C27H34F2N8O3. The molecule has 40 heavy (non-hydrogen) atoms. The molecule has 2 saturated heterocycles. The SMILES string of the molecule is O=C(N[C@H]1CC[C@H](Nc2nc(N3CCOCC3)nc(-n3c(C(F)F)nc4ccccc43)n2)CC1)C1CCOCC1. The van der Waals surface area contributed by atoms with E-state index in [4.69, 9.17) is 9.47 Å². The van der Waals surface area contributed by atoms with Crippen molar-refractivity contribution in [2.24, 2.45) is 5.92 Å². The number of alkyl halides is 2. The molecule has 1 saturated carbocycles. The maximum Gasteiger partial charge on any atom is 0.296 e. The van der Waals surface area contributed by atoms with Crippen molar-refractivity contribution in [1.29, 1.82) is 0 Å². The van der Waals surface area contributed by atoms with Gasteiger partial charge in [0.1, 0.15) is 0 Å².